The summed E-state index contributed by atoms with van der Waals surface area (Å²) in [6.45, 7) is 0.230. The maximum absolute atomic E-state index is 5.38. The summed E-state index contributed by atoms with van der Waals surface area (Å²) in [4.78, 5) is 4.30. The van der Waals surface area contributed by atoms with Crippen molar-refractivity contribution in [3.05, 3.63) is 35.0 Å². The molecule has 0 fully saturated rings. The lowest BCUT2D eigenvalue weighted by Crippen LogP contribution is -1.92. The molecule has 20 heavy (non-hydrogen) atoms. The van der Waals surface area contributed by atoms with Crippen molar-refractivity contribution in [3.8, 4) is 34.5 Å². The van der Waals surface area contributed by atoms with Crippen LogP contribution in [0.15, 0.2) is 43.9 Å². The molecule has 7 heteroatoms. The molecular weight excluding hydrogens is 328 g/mol. The quantitative estimate of drug-likeness (QED) is 0.714. The van der Waals surface area contributed by atoms with Crippen LogP contribution in [0.3, 0.4) is 0 Å². The lowest BCUT2D eigenvalue weighted by atomic mass is 10.2. The minimum absolute atomic E-state index is 0.230. The van der Waals surface area contributed by atoms with Gasteiger partial charge in [-0.1, -0.05) is 5.16 Å². The Morgan fingerprint density at radius 2 is 1.95 bits per heavy atom. The lowest BCUT2D eigenvalue weighted by Gasteiger charge is -1.97. The zero-order valence-corrected chi connectivity index (χ0v) is 11.6. The van der Waals surface area contributed by atoms with Gasteiger partial charge in [-0.15, -0.1) is 0 Å². The third kappa shape index (κ3) is 1.87. The van der Waals surface area contributed by atoms with Crippen molar-refractivity contribution in [1.29, 1.82) is 0 Å². The number of nitrogens with zero attached hydrogens (tertiary/aromatic N) is 2. The van der Waals surface area contributed by atoms with E-state index in [1.807, 2.05) is 12.1 Å². The molecule has 0 radical (unpaired) electrons. The maximum atomic E-state index is 5.38. The van der Waals surface area contributed by atoms with E-state index in [-0.39, 0.29) is 6.79 Å². The summed E-state index contributed by atoms with van der Waals surface area (Å²) in [6, 6.07) is 8.98. The van der Waals surface area contributed by atoms with Crippen LogP contribution in [0.4, 0.5) is 0 Å². The second-order valence-electron chi connectivity index (χ2n) is 4.09. The molecule has 1 aliphatic heterocycles. The van der Waals surface area contributed by atoms with E-state index in [0.29, 0.717) is 33.6 Å². The van der Waals surface area contributed by atoms with Gasteiger partial charge in [-0.25, -0.2) is 0 Å². The molecule has 6 nitrogen and oxygen atoms in total. The Labute approximate surface area is 121 Å². The highest BCUT2D eigenvalue weighted by molar-refractivity contribution is 9.10. The van der Waals surface area contributed by atoms with E-state index in [0.717, 1.165) is 5.56 Å². The number of halogens is 1. The molecule has 0 saturated carbocycles. The normalized spacial score (nSPS) is 12.8. The van der Waals surface area contributed by atoms with Gasteiger partial charge in [0.1, 0.15) is 0 Å². The molecule has 4 rings (SSSR count). The van der Waals surface area contributed by atoms with E-state index in [4.69, 9.17) is 18.4 Å². The first-order valence-electron chi connectivity index (χ1n) is 5.79. The highest BCUT2D eigenvalue weighted by Gasteiger charge is 2.18. The summed E-state index contributed by atoms with van der Waals surface area (Å²) in [5.41, 5.74) is 0.763. The van der Waals surface area contributed by atoms with Crippen molar-refractivity contribution in [2.24, 2.45) is 0 Å². The van der Waals surface area contributed by atoms with Crippen molar-refractivity contribution < 1.29 is 18.4 Å². The highest BCUT2D eigenvalue weighted by atomic mass is 79.9. The van der Waals surface area contributed by atoms with Gasteiger partial charge in [-0.05, 0) is 46.3 Å². The van der Waals surface area contributed by atoms with Crippen molar-refractivity contribution in [3.63, 3.8) is 0 Å². The van der Waals surface area contributed by atoms with Gasteiger partial charge in [0.15, 0.2) is 21.9 Å². The second kappa shape index (κ2) is 4.38. The van der Waals surface area contributed by atoms with Gasteiger partial charge in [-0.3, -0.25) is 0 Å². The first kappa shape index (κ1) is 11.5. The van der Waals surface area contributed by atoms with Gasteiger partial charge in [0.05, 0.1) is 0 Å². The average molecular weight is 335 g/mol. The SMILES string of the molecule is Brc1ccc(-c2noc(-c3ccc4c(c3)OCO4)n2)o1. The molecule has 3 heterocycles. The third-order valence-corrected chi connectivity index (χ3v) is 3.27. The van der Waals surface area contributed by atoms with Gasteiger partial charge >= 0.3 is 0 Å². The number of rotatable bonds is 2. The summed E-state index contributed by atoms with van der Waals surface area (Å²) >= 11 is 3.23. The predicted octanol–water partition coefficient (Wildman–Crippen LogP) is 3.49. The summed E-state index contributed by atoms with van der Waals surface area (Å²) in [7, 11) is 0. The van der Waals surface area contributed by atoms with Crippen LogP contribution >= 0.6 is 15.9 Å². The van der Waals surface area contributed by atoms with Gasteiger partial charge < -0.3 is 18.4 Å². The number of hydrogen-bond donors (Lipinski definition) is 0. The van der Waals surface area contributed by atoms with Crippen molar-refractivity contribution in [2.45, 2.75) is 0 Å². The summed E-state index contributed by atoms with van der Waals surface area (Å²) in [5.74, 6) is 2.70. The molecule has 0 N–H and O–H groups in total. The number of aromatic nitrogens is 2. The maximum Gasteiger partial charge on any atom is 0.258 e. The second-order valence-corrected chi connectivity index (χ2v) is 4.88. The minimum Gasteiger partial charge on any atom is -0.454 e. The van der Waals surface area contributed by atoms with Crippen LogP contribution in [0, 0.1) is 0 Å². The van der Waals surface area contributed by atoms with Crippen LogP contribution in [-0.2, 0) is 0 Å². The largest absolute Gasteiger partial charge is 0.454 e. The summed E-state index contributed by atoms with van der Waals surface area (Å²) < 4.78 is 21.8. The summed E-state index contributed by atoms with van der Waals surface area (Å²) in [6.07, 6.45) is 0. The van der Waals surface area contributed by atoms with Crippen LogP contribution < -0.4 is 9.47 Å². The molecule has 100 valence electrons. The smallest absolute Gasteiger partial charge is 0.258 e. The topological polar surface area (TPSA) is 70.5 Å². The zero-order chi connectivity index (χ0) is 13.5. The van der Waals surface area contributed by atoms with Crippen molar-refractivity contribution in [1.82, 2.24) is 10.1 Å². The predicted molar refractivity (Wildman–Crippen MR) is 71.3 cm³/mol. The molecule has 1 aromatic carbocycles. The Bertz CT molecular complexity index is 780. The van der Waals surface area contributed by atoms with E-state index < -0.39 is 0 Å². The van der Waals surface area contributed by atoms with E-state index in [1.165, 1.54) is 0 Å². The van der Waals surface area contributed by atoms with Crippen LogP contribution in [0.1, 0.15) is 0 Å². The Hall–Kier alpha value is -2.28. The monoisotopic (exact) mass is 334 g/mol. The molecule has 0 spiro atoms. The molecule has 0 amide bonds. The molecule has 0 bridgehead atoms. The Balaban J connectivity index is 1.71. The number of fused-ring (bicyclic) bond motifs is 1. The molecule has 0 unspecified atom stereocenters. The minimum atomic E-state index is 0.230. The molecule has 0 aliphatic carbocycles. The van der Waals surface area contributed by atoms with Crippen LogP contribution in [0.2, 0.25) is 0 Å². The van der Waals surface area contributed by atoms with Crippen molar-refractivity contribution in [2.75, 3.05) is 6.79 Å². The van der Waals surface area contributed by atoms with Crippen LogP contribution in [-0.4, -0.2) is 16.9 Å². The fourth-order valence-electron chi connectivity index (χ4n) is 1.90. The highest BCUT2D eigenvalue weighted by Crippen LogP contribution is 2.36. The van der Waals surface area contributed by atoms with E-state index in [9.17, 15) is 0 Å². The van der Waals surface area contributed by atoms with Crippen LogP contribution in [0.25, 0.3) is 23.0 Å². The molecule has 2 aromatic heterocycles. The van der Waals surface area contributed by atoms with E-state index >= 15 is 0 Å². The zero-order valence-electron chi connectivity index (χ0n) is 10.00. The molecule has 0 saturated heterocycles. The van der Waals surface area contributed by atoms with Crippen LogP contribution in [0.5, 0.6) is 11.5 Å². The number of ether oxygens (including phenoxy) is 2. The molecule has 0 atom stereocenters. The molecule has 3 aromatic rings. The van der Waals surface area contributed by atoms with Gasteiger partial charge in [0, 0.05) is 5.56 Å². The Kier molecular flexibility index (Phi) is 2.53. The van der Waals surface area contributed by atoms with Gasteiger partial charge in [0.2, 0.25) is 12.6 Å². The van der Waals surface area contributed by atoms with Gasteiger partial charge in [-0.2, -0.15) is 4.98 Å². The fourth-order valence-corrected chi connectivity index (χ4v) is 2.21. The first-order chi connectivity index (χ1) is 9.79. The summed E-state index contributed by atoms with van der Waals surface area (Å²) in [5, 5.41) is 3.90. The fraction of sp³-hybridized carbons (Fsp3) is 0.0769. The van der Waals surface area contributed by atoms with E-state index in [2.05, 4.69) is 26.1 Å². The van der Waals surface area contributed by atoms with E-state index in [1.54, 1.807) is 18.2 Å². The Morgan fingerprint density at radius 3 is 2.80 bits per heavy atom. The molecule has 1 aliphatic rings. The number of benzene rings is 1. The number of hydrogen-bond acceptors (Lipinski definition) is 6. The Morgan fingerprint density at radius 1 is 1.05 bits per heavy atom. The number of furan rings is 1. The average Bonchev–Trinajstić information content (AvgIpc) is 3.17. The molecular formula is C13H7BrN2O4. The van der Waals surface area contributed by atoms with Crippen molar-refractivity contribution >= 4 is 15.9 Å². The van der Waals surface area contributed by atoms with Gasteiger partial charge in [0.25, 0.3) is 5.89 Å². The lowest BCUT2D eigenvalue weighted by molar-refractivity contribution is 0.174. The first-order valence-corrected chi connectivity index (χ1v) is 6.58. The standard InChI is InChI=1S/C13H7BrN2O4/c14-11-4-3-9(19-11)12-15-13(20-16-12)7-1-2-8-10(5-7)18-6-17-8/h1-5H,6H2. The third-order valence-electron chi connectivity index (χ3n) is 2.84.